The number of carbonyl (C=O) groups excluding carboxylic acids is 2. The molecule has 0 unspecified atom stereocenters. The van der Waals surface area contributed by atoms with E-state index in [1.54, 1.807) is 17.9 Å². The maximum absolute atomic E-state index is 12.4. The molecular formula is C20H20N4O2. The van der Waals surface area contributed by atoms with Gasteiger partial charge >= 0.3 is 0 Å². The van der Waals surface area contributed by atoms with E-state index in [2.05, 4.69) is 15.7 Å². The Balaban J connectivity index is 1.69. The molecule has 0 bridgehead atoms. The van der Waals surface area contributed by atoms with E-state index >= 15 is 0 Å². The molecule has 26 heavy (non-hydrogen) atoms. The summed E-state index contributed by atoms with van der Waals surface area (Å²) in [5.74, 6) is -0.555. The van der Waals surface area contributed by atoms with Crippen molar-refractivity contribution in [2.24, 2.45) is 0 Å². The maximum atomic E-state index is 12.4. The van der Waals surface area contributed by atoms with Crippen LogP contribution in [-0.4, -0.2) is 28.6 Å². The number of carbonyl (C=O) groups is 2. The molecule has 0 saturated carbocycles. The van der Waals surface area contributed by atoms with Gasteiger partial charge in [-0.1, -0.05) is 60.7 Å². The second-order valence-corrected chi connectivity index (χ2v) is 5.79. The van der Waals surface area contributed by atoms with E-state index in [4.69, 9.17) is 0 Å². The Hall–Kier alpha value is -3.41. The van der Waals surface area contributed by atoms with Gasteiger partial charge in [-0.3, -0.25) is 14.3 Å². The third-order valence-corrected chi connectivity index (χ3v) is 3.96. The van der Waals surface area contributed by atoms with E-state index < -0.39 is 6.04 Å². The van der Waals surface area contributed by atoms with Gasteiger partial charge in [-0.25, -0.2) is 0 Å². The van der Waals surface area contributed by atoms with Crippen molar-refractivity contribution in [3.05, 3.63) is 78.5 Å². The van der Waals surface area contributed by atoms with Crippen LogP contribution in [0.4, 0.5) is 0 Å². The van der Waals surface area contributed by atoms with E-state index in [-0.39, 0.29) is 18.4 Å². The molecule has 0 radical (unpaired) electrons. The molecule has 0 spiro atoms. The Labute approximate surface area is 151 Å². The SMILES string of the molecule is CNC(=O)[C@@H](NC(=O)Cn1ccc(-c2ccccc2)n1)c1ccccc1. The lowest BCUT2D eigenvalue weighted by molar-refractivity contribution is -0.129. The highest BCUT2D eigenvalue weighted by atomic mass is 16.2. The van der Waals surface area contributed by atoms with Crippen LogP contribution < -0.4 is 10.6 Å². The Morgan fingerprint density at radius 3 is 2.31 bits per heavy atom. The number of nitrogens with zero attached hydrogens (tertiary/aromatic N) is 2. The van der Waals surface area contributed by atoms with E-state index in [9.17, 15) is 9.59 Å². The van der Waals surface area contributed by atoms with Gasteiger partial charge in [0.2, 0.25) is 11.8 Å². The predicted molar refractivity (Wildman–Crippen MR) is 99.1 cm³/mol. The van der Waals surface area contributed by atoms with Crippen LogP contribution in [0.5, 0.6) is 0 Å². The normalized spacial score (nSPS) is 11.6. The zero-order valence-electron chi connectivity index (χ0n) is 14.4. The molecular weight excluding hydrogens is 328 g/mol. The van der Waals surface area contributed by atoms with Gasteiger partial charge in [-0.2, -0.15) is 5.10 Å². The van der Waals surface area contributed by atoms with Crippen molar-refractivity contribution < 1.29 is 9.59 Å². The molecule has 0 aliphatic heterocycles. The fraction of sp³-hybridized carbons (Fsp3) is 0.150. The summed E-state index contributed by atoms with van der Waals surface area (Å²) in [5.41, 5.74) is 2.51. The van der Waals surface area contributed by atoms with Crippen molar-refractivity contribution in [2.45, 2.75) is 12.6 Å². The zero-order valence-corrected chi connectivity index (χ0v) is 14.4. The Bertz CT molecular complexity index is 875. The van der Waals surface area contributed by atoms with Crippen molar-refractivity contribution >= 4 is 11.8 Å². The summed E-state index contributed by atoms with van der Waals surface area (Å²) < 4.78 is 1.56. The summed E-state index contributed by atoms with van der Waals surface area (Å²) in [4.78, 5) is 24.6. The fourth-order valence-corrected chi connectivity index (χ4v) is 2.66. The third-order valence-electron chi connectivity index (χ3n) is 3.96. The topological polar surface area (TPSA) is 76.0 Å². The smallest absolute Gasteiger partial charge is 0.246 e. The standard InChI is InChI=1S/C20H20N4O2/c1-21-20(26)19(16-10-6-3-7-11-16)22-18(25)14-24-13-12-17(23-24)15-8-4-2-5-9-15/h2-13,19H,14H2,1H3,(H,21,26)(H,22,25)/t19-/m0/s1. The minimum atomic E-state index is -0.738. The van der Waals surface area contributed by atoms with Gasteiger partial charge in [0.05, 0.1) is 5.69 Å². The number of amides is 2. The number of benzene rings is 2. The monoisotopic (exact) mass is 348 g/mol. The molecule has 1 aromatic heterocycles. The van der Waals surface area contributed by atoms with Gasteiger partial charge in [0, 0.05) is 18.8 Å². The number of hydrogen-bond donors (Lipinski definition) is 2. The maximum Gasteiger partial charge on any atom is 0.246 e. The summed E-state index contributed by atoms with van der Waals surface area (Å²) in [5, 5.41) is 9.77. The van der Waals surface area contributed by atoms with Crippen LogP contribution in [0.25, 0.3) is 11.3 Å². The third kappa shape index (κ3) is 4.16. The van der Waals surface area contributed by atoms with E-state index in [1.807, 2.05) is 66.7 Å². The van der Waals surface area contributed by atoms with Crippen LogP contribution in [0.15, 0.2) is 72.9 Å². The molecule has 0 aliphatic carbocycles. The molecule has 0 fully saturated rings. The molecule has 2 N–H and O–H groups in total. The summed E-state index contributed by atoms with van der Waals surface area (Å²) in [6.07, 6.45) is 1.75. The Kier molecular flexibility index (Phi) is 5.43. The van der Waals surface area contributed by atoms with E-state index in [0.717, 1.165) is 16.8 Å². The van der Waals surface area contributed by atoms with Gasteiger partial charge in [-0.05, 0) is 11.6 Å². The summed E-state index contributed by atoms with van der Waals surface area (Å²) in [7, 11) is 1.55. The largest absolute Gasteiger partial charge is 0.357 e. The first-order valence-corrected chi connectivity index (χ1v) is 8.32. The number of hydrogen-bond acceptors (Lipinski definition) is 3. The van der Waals surface area contributed by atoms with Gasteiger partial charge < -0.3 is 10.6 Å². The minimum Gasteiger partial charge on any atom is -0.357 e. The van der Waals surface area contributed by atoms with Crippen molar-refractivity contribution in [1.82, 2.24) is 20.4 Å². The van der Waals surface area contributed by atoms with Crippen LogP contribution in [-0.2, 0) is 16.1 Å². The lowest BCUT2D eigenvalue weighted by Crippen LogP contribution is -2.40. The molecule has 1 atom stereocenters. The summed E-state index contributed by atoms with van der Waals surface area (Å²) in [6, 6.07) is 20.0. The van der Waals surface area contributed by atoms with Gasteiger partial charge in [0.25, 0.3) is 0 Å². The summed E-state index contributed by atoms with van der Waals surface area (Å²) >= 11 is 0. The molecule has 6 heteroatoms. The lowest BCUT2D eigenvalue weighted by atomic mass is 10.1. The highest BCUT2D eigenvalue weighted by Crippen LogP contribution is 2.16. The van der Waals surface area contributed by atoms with Crippen LogP contribution in [0.1, 0.15) is 11.6 Å². The molecule has 2 aromatic carbocycles. The zero-order chi connectivity index (χ0) is 18.4. The van der Waals surface area contributed by atoms with Crippen molar-refractivity contribution in [1.29, 1.82) is 0 Å². The second-order valence-electron chi connectivity index (χ2n) is 5.79. The molecule has 2 amide bonds. The Morgan fingerprint density at radius 1 is 1.00 bits per heavy atom. The van der Waals surface area contributed by atoms with E-state index in [0.29, 0.717) is 0 Å². The minimum absolute atomic E-state index is 0.0349. The molecule has 0 saturated heterocycles. The molecule has 1 heterocycles. The van der Waals surface area contributed by atoms with Crippen LogP contribution >= 0.6 is 0 Å². The van der Waals surface area contributed by atoms with Crippen LogP contribution in [0, 0.1) is 0 Å². The first kappa shape index (κ1) is 17.4. The predicted octanol–water partition coefficient (Wildman–Crippen LogP) is 2.15. The average molecular weight is 348 g/mol. The molecule has 3 rings (SSSR count). The number of likely N-dealkylation sites (N-methyl/N-ethyl adjacent to an activating group) is 1. The highest BCUT2D eigenvalue weighted by Gasteiger charge is 2.21. The molecule has 3 aromatic rings. The summed E-state index contributed by atoms with van der Waals surface area (Å²) in [6.45, 7) is 0.0349. The molecule has 132 valence electrons. The molecule has 0 aliphatic rings. The van der Waals surface area contributed by atoms with Gasteiger partial charge in [0.15, 0.2) is 0 Å². The van der Waals surface area contributed by atoms with Gasteiger partial charge in [-0.15, -0.1) is 0 Å². The number of nitrogens with one attached hydrogen (secondary N) is 2. The quantitative estimate of drug-likeness (QED) is 0.717. The van der Waals surface area contributed by atoms with E-state index in [1.165, 1.54) is 0 Å². The van der Waals surface area contributed by atoms with Crippen molar-refractivity contribution in [2.75, 3.05) is 7.05 Å². The van der Waals surface area contributed by atoms with Crippen molar-refractivity contribution in [3.63, 3.8) is 0 Å². The first-order valence-electron chi connectivity index (χ1n) is 8.32. The van der Waals surface area contributed by atoms with Crippen molar-refractivity contribution in [3.8, 4) is 11.3 Å². The van der Waals surface area contributed by atoms with Crippen LogP contribution in [0.3, 0.4) is 0 Å². The highest BCUT2D eigenvalue weighted by molar-refractivity contribution is 5.88. The van der Waals surface area contributed by atoms with Gasteiger partial charge in [0.1, 0.15) is 12.6 Å². The fourth-order valence-electron chi connectivity index (χ4n) is 2.66. The second kappa shape index (κ2) is 8.11. The van der Waals surface area contributed by atoms with Crippen LogP contribution in [0.2, 0.25) is 0 Å². The number of rotatable bonds is 6. The first-order chi connectivity index (χ1) is 12.7. The lowest BCUT2D eigenvalue weighted by Gasteiger charge is -2.17. The Morgan fingerprint density at radius 2 is 1.65 bits per heavy atom. The molecule has 6 nitrogen and oxygen atoms in total. The average Bonchev–Trinajstić information content (AvgIpc) is 3.15. The number of aromatic nitrogens is 2.